The minimum atomic E-state index is -0.448. The van der Waals surface area contributed by atoms with Crippen LogP contribution >= 0.6 is 0 Å². The predicted octanol–water partition coefficient (Wildman–Crippen LogP) is 3.30. The SMILES string of the molecule is CCOC(=O)CN(C(=O)C1CCCCC1)c1ccc(F)cc1. The molecular formula is C17H22FNO3. The minimum Gasteiger partial charge on any atom is -0.465 e. The summed E-state index contributed by atoms with van der Waals surface area (Å²) >= 11 is 0. The van der Waals surface area contributed by atoms with Gasteiger partial charge in [0.05, 0.1) is 6.61 Å². The zero-order valence-electron chi connectivity index (χ0n) is 12.9. The van der Waals surface area contributed by atoms with E-state index in [0.29, 0.717) is 5.69 Å². The molecule has 0 aromatic heterocycles. The van der Waals surface area contributed by atoms with Gasteiger partial charge in [0.15, 0.2) is 0 Å². The summed E-state index contributed by atoms with van der Waals surface area (Å²) in [4.78, 5) is 26.0. The monoisotopic (exact) mass is 307 g/mol. The van der Waals surface area contributed by atoms with Crippen molar-refractivity contribution in [1.82, 2.24) is 0 Å². The van der Waals surface area contributed by atoms with Crippen LogP contribution in [0.2, 0.25) is 0 Å². The standard InChI is InChI=1S/C17H22FNO3/c1-2-22-16(20)12-19(15-10-8-14(18)9-11-15)17(21)13-6-4-3-5-7-13/h8-11,13H,2-7,12H2,1H3. The van der Waals surface area contributed by atoms with Crippen molar-refractivity contribution in [3.05, 3.63) is 30.1 Å². The first-order valence-corrected chi connectivity index (χ1v) is 7.84. The van der Waals surface area contributed by atoms with Crippen molar-refractivity contribution in [2.24, 2.45) is 5.92 Å². The first kappa shape index (κ1) is 16.5. The molecule has 0 N–H and O–H groups in total. The number of hydrogen-bond donors (Lipinski definition) is 0. The van der Waals surface area contributed by atoms with Crippen LogP contribution in [-0.4, -0.2) is 25.0 Å². The Bertz CT molecular complexity index is 509. The molecule has 5 heteroatoms. The van der Waals surface area contributed by atoms with E-state index in [1.54, 1.807) is 6.92 Å². The molecular weight excluding hydrogens is 285 g/mol. The van der Waals surface area contributed by atoms with Crippen LogP contribution in [0.5, 0.6) is 0 Å². The van der Waals surface area contributed by atoms with E-state index >= 15 is 0 Å². The second-order valence-corrected chi connectivity index (χ2v) is 5.54. The molecule has 2 rings (SSSR count). The summed E-state index contributed by atoms with van der Waals surface area (Å²) in [7, 11) is 0. The van der Waals surface area contributed by atoms with Crippen molar-refractivity contribution >= 4 is 17.6 Å². The lowest BCUT2D eigenvalue weighted by Gasteiger charge is -2.28. The molecule has 0 atom stereocenters. The lowest BCUT2D eigenvalue weighted by molar-refractivity contribution is -0.142. The van der Waals surface area contributed by atoms with E-state index in [1.807, 2.05) is 0 Å². The van der Waals surface area contributed by atoms with Gasteiger partial charge < -0.3 is 9.64 Å². The second kappa shape index (κ2) is 7.92. The van der Waals surface area contributed by atoms with E-state index in [2.05, 4.69) is 0 Å². The zero-order valence-corrected chi connectivity index (χ0v) is 12.9. The molecule has 0 bridgehead atoms. The van der Waals surface area contributed by atoms with Gasteiger partial charge in [-0.05, 0) is 44.0 Å². The number of anilines is 1. The van der Waals surface area contributed by atoms with E-state index in [-0.39, 0.29) is 30.8 Å². The Morgan fingerprint density at radius 3 is 2.41 bits per heavy atom. The predicted molar refractivity (Wildman–Crippen MR) is 82.0 cm³/mol. The van der Waals surface area contributed by atoms with E-state index < -0.39 is 5.97 Å². The Balaban J connectivity index is 2.17. The highest BCUT2D eigenvalue weighted by molar-refractivity contribution is 5.99. The van der Waals surface area contributed by atoms with Gasteiger partial charge in [0.25, 0.3) is 0 Å². The summed E-state index contributed by atoms with van der Waals surface area (Å²) < 4.78 is 18.0. The quantitative estimate of drug-likeness (QED) is 0.784. The number of carbonyl (C=O) groups excluding carboxylic acids is 2. The molecule has 1 aliphatic carbocycles. The summed E-state index contributed by atoms with van der Waals surface area (Å²) in [6.45, 7) is 1.87. The van der Waals surface area contributed by atoms with Crippen LogP contribution < -0.4 is 4.90 Å². The van der Waals surface area contributed by atoms with Crippen LogP contribution in [0.3, 0.4) is 0 Å². The van der Waals surface area contributed by atoms with E-state index in [0.717, 1.165) is 32.1 Å². The maximum atomic E-state index is 13.1. The Labute approximate surface area is 130 Å². The molecule has 1 fully saturated rings. The summed E-state index contributed by atoms with van der Waals surface area (Å²) in [6, 6.07) is 5.63. The Kier molecular flexibility index (Phi) is 5.92. The van der Waals surface area contributed by atoms with Crippen LogP contribution in [0.4, 0.5) is 10.1 Å². The average molecular weight is 307 g/mol. The van der Waals surface area contributed by atoms with Crippen LogP contribution in [0, 0.1) is 11.7 Å². The lowest BCUT2D eigenvalue weighted by atomic mass is 9.88. The molecule has 1 aromatic rings. The van der Waals surface area contributed by atoms with Gasteiger partial charge in [-0.2, -0.15) is 0 Å². The number of carbonyl (C=O) groups is 2. The number of benzene rings is 1. The van der Waals surface area contributed by atoms with Crippen LogP contribution in [-0.2, 0) is 14.3 Å². The summed E-state index contributed by atoms with van der Waals surface area (Å²) in [5.74, 6) is -0.950. The number of nitrogens with zero attached hydrogens (tertiary/aromatic N) is 1. The average Bonchev–Trinajstić information content (AvgIpc) is 2.54. The minimum absolute atomic E-state index is 0.0618. The molecule has 1 aliphatic rings. The van der Waals surface area contributed by atoms with Crippen LogP contribution in [0.15, 0.2) is 24.3 Å². The summed E-state index contributed by atoms with van der Waals surface area (Å²) in [5, 5.41) is 0. The fourth-order valence-corrected chi connectivity index (χ4v) is 2.82. The lowest BCUT2D eigenvalue weighted by Crippen LogP contribution is -2.41. The zero-order chi connectivity index (χ0) is 15.9. The van der Waals surface area contributed by atoms with Crippen molar-refractivity contribution in [3.8, 4) is 0 Å². The number of hydrogen-bond acceptors (Lipinski definition) is 3. The summed E-state index contributed by atoms with van der Waals surface area (Å²) in [6.07, 6.45) is 4.91. The van der Waals surface area contributed by atoms with Gasteiger partial charge in [-0.15, -0.1) is 0 Å². The largest absolute Gasteiger partial charge is 0.465 e. The van der Waals surface area contributed by atoms with E-state index in [1.165, 1.54) is 29.2 Å². The Hall–Kier alpha value is -1.91. The van der Waals surface area contributed by atoms with Gasteiger partial charge in [-0.25, -0.2) is 4.39 Å². The number of esters is 1. The maximum absolute atomic E-state index is 13.1. The highest BCUT2D eigenvalue weighted by atomic mass is 19.1. The first-order valence-electron chi connectivity index (χ1n) is 7.84. The molecule has 0 saturated heterocycles. The third kappa shape index (κ3) is 4.29. The molecule has 0 aliphatic heterocycles. The highest BCUT2D eigenvalue weighted by Crippen LogP contribution is 2.27. The Morgan fingerprint density at radius 1 is 1.18 bits per heavy atom. The fraction of sp³-hybridized carbons (Fsp3) is 0.529. The van der Waals surface area contributed by atoms with E-state index in [4.69, 9.17) is 4.74 Å². The molecule has 22 heavy (non-hydrogen) atoms. The molecule has 0 spiro atoms. The highest BCUT2D eigenvalue weighted by Gasteiger charge is 2.28. The molecule has 120 valence electrons. The second-order valence-electron chi connectivity index (χ2n) is 5.54. The molecule has 0 radical (unpaired) electrons. The number of halogens is 1. The molecule has 4 nitrogen and oxygen atoms in total. The molecule has 0 heterocycles. The summed E-state index contributed by atoms with van der Waals surface area (Å²) in [5.41, 5.74) is 0.532. The number of rotatable bonds is 5. The Morgan fingerprint density at radius 2 is 1.82 bits per heavy atom. The molecule has 1 amide bonds. The topological polar surface area (TPSA) is 46.6 Å². The van der Waals surface area contributed by atoms with Gasteiger partial charge in [-0.1, -0.05) is 19.3 Å². The third-order valence-electron chi connectivity index (χ3n) is 3.95. The number of ether oxygens (including phenoxy) is 1. The third-order valence-corrected chi connectivity index (χ3v) is 3.95. The van der Waals surface area contributed by atoms with Gasteiger partial charge in [0.1, 0.15) is 12.4 Å². The van der Waals surface area contributed by atoms with Crippen LogP contribution in [0.1, 0.15) is 39.0 Å². The fourth-order valence-electron chi connectivity index (χ4n) is 2.82. The van der Waals surface area contributed by atoms with Gasteiger partial charge in [-0.3, -0.25) is 9.59 Å². The van der Waals surface area contributed by atoms with Crippen molar-refractivity contribution in [2.45, 2.75) is 39.0 Å². The van der Waals surface area contributed by atoms with Gasteiger partial charge in [0.2, 0.25) is 5.91 Å². The molecule has 1 saturated carbocycles. The van der Waals surface area contributed by atoms with Crippen molar-refractivity contribution < 1.29 is 18.7 Å². The van der Waals surface area contributed by atoms with Crippen molar-refractivity contribution in [3.63, 3.8) is 0 Å². The maximum Gasteiger partial charge on any atom is 0.326 e. The molecule has 1 aromatic carbocycles. The van der Waals surface area contributed by atoms with Gasteiger partial charge >= 0.3 is 5.97 Å². The van der Waals surface area contributed by atoms with Crippen molar-refractivity contribution in [2.75, 3.05) is 18.1 Å². The van der Waals surface area contributed by atoms with E-state index in [9.17, 15) is 14.0 Å². The van der Waals surface area contributed by atoms with Crippen LogP contribution in [0.25, 0.3) is 0 Å². The number of amides is 1. The first-order chi connectivity index (χ1) is 10.6. The molecule has 0 unspecified atom stereocenters. The van der Waals surface area contributed by atoms with Crippen molar-refractivity contribution in [1.29, 1.82) is 0 Å². The smallest absolute Gasteiger partial charge is 0.326 e. The normalized spacial score (nSPS) is 15.4. The van der Waals surface area contributed by atoms with Gasteiger partial charge in [0, 0.05) is 11.6 Å².